The molecular formula is C7H11N3O. The lowest BCUT2D eigenvalue weighted by Gasteiger charge is -2.05. The first kappa shape index (κ1) is 8.10. The first-order chi connectivity index (χ1) is 5.24. The summed E-state index contributed by atoms with van der Waals surface area (Å²) in [6.45, 7) is 2.02. The van der Waals surface area contributed by atoms with E-state index in [-0.39, 0.29) is 6.54 Å². The second-order valence-electron chi connectivity index (χ2n) is 2.33. The predicted octanol–water partition coefficient (Wildman–Crippen LogP) is -0.223. The number of hydrogen-bond acceptors (Lipinski definition) is 4. The van der Waals surface area contributed by atoms with E-state index in [2.05, 4.69) is 9.97 Å². The second kappa shape index (κ2) is 3.41. The van der Waals surface area contributed by atoms with Crippen LogP contribution in [-0.2, 0) is 0 Å². The molecule has 0 bridgehead atoms. The summed E-state index contributed by atoms with van der Waals surface area (Å²) >= 11 is 0. The molecule has 11 heavy (non-hydrogen) atoms. The van der Waals surface area contributed by atoms with Crippen LogP contribution in [0.25, 0.3) is 0 Å². The number of aryl methyl sites for hydroxylation is 1. The van der Waals surface area contributed by atoms with Gasteiger partial charge in [0.2, 0.25) is 0 Å². The fourth-order valence-electron chi connectivity index (χ4n) is 0.695. The Bertz CT molecular complexity index is 222. The minimum Gasteiger partial charge on any atom is -0.385 e. The summed E-state index contributed by atoms with van der Waals surface area (Å²) in [5, 5.41) is 9.19. The van der Waals surface area contributed by atoms with Crippen molar-refractivity contribution in [3.63, 3.8) is 0 Å². The van der Waals surface area contributed by atoms with E-state index in [1.54, 1.807) is 6.20 Å². The smallest absolute Gasteiger partial charge is 0.110 e. The highest BCUT2D eigenvalue weighted by atomic mass is 16.3. The van der Waals surface area contributed by atoms with Crippen LogP contribution in [-0.4, -0.2) is 21.6 Å². The summed E-state index contributed by atoms with van der Waals surface area (Å²) in [5.41, 5.74) is 6.58. The molecule has 0 saturated carbocycles. The number of rotatable bonds is 2. The summed E-state index contributed by atoms with van der Waals surface area (Å²) < 4.78 is 0. The van der Waals surface area contributed by atoms with Gasteiger partial charge in [0.05, 0.1) is 17.6 Å². The van der Waals surface area contributed by atoms with Gasteiger partial charge in [0.15, 0.2) is 0 Å². The summed E-state index contributed by atoms with van der Waals surface area (Å²) in [6, 6.07) is 0. The Morgan fingerprint density at radius 3 is 2.73 bits per heavy atom. The van der Waals surface area contributed by atoms with Gasteiger partial charge in [0.25, 0.3) is 0 Å². The number of aliphatic hydroxyl groups excluding tert-OH is 1. The van der Waals surface area contributed by atoms with Gasteiger partial charge >= 0.3 is 0 Å². The average Bonchev–Trinajstić information content (AvgIpc) is 2.05. The summed E-state index contributed by atoms with van der Waals surface area (Å²) in [7, 11) is 0. The van der Waals surface area contributed by atoms with E-state index in [4.69, 9.17) is 5.73 Å². The maximum absolute atomic E-state index is 9.19. The van der Waals surface area contributed by atoms with Crippen LogP contribution in [0.15, 0.2) is 12.4 Å². The van der Waals surface area contributed by atoms with Crippen LogP contribution in [0.2, 0.25) is 0 Å². The molecule has 0 aliphatic heterocycles. The van der Waals surface area contributed by atoms with Crippen molar-refractivity contribution < 1.29 is 5.11 Å². The highest BCUT2D eigenvalue weighted by Crippen LogP contribution is 2.05. The summed E-state index contributed by atoms with van der Waals surface area (Å²) in [6.07, 6.45) is 2.45. The predicted molar refractivity (Wildman–Crippen MR) is 40.8 cm³/mol. The Morgan fingerprint density at radius 2 is 2.27 bits per heavy atom. The van der Waals surface area contributed by atoms with Gasteiger partial charge < -0.3 is 10.8 Å². The third kappa shape index (κ3) is 1.96. The van der Waals surface area contributed by atoms with Crippen LogP contribution in [0, 0.1) is 6.92 Å². The van der Waals surface area contributed by atoms with Crippen molar-refractivity contribution in [2.75, 3.05) is 6.54 Å². The third-order valence-corrected chi connectivity index (χ3v) is 1.37. The highest BCUT2D eigenvalue weighted by molar-refractivity contribution is 5.03. The Kier molecular flexibility index (Phi) is 2.51. The fraction of sp³-hybridized carbons (Fsp3) is 0.429. The molecular weight excluding hydrogens is 142 g/mol. The highest BCUT2D eigenvalue weighted by Gasteiger charge is 2.05. The molecule has 0 saturated heterocycles. The van der Waals surface area contributed by atoms with Crippen LogP contribution < -0.4 is 5.73 Å². The van der Waals surface area contributed by atoms with Crippen molar-refractivity contribution in [2.24, 2.45) is 5.73 Å². The Labute approximate surface area is 65.1 Å². The molecule has 1 atom stereocenters. The molecule has 0 aliphatic carbocycles. The zero-order chi connectivity index (χ0) is 8.27. The van der Waals surface area contributed by atoms with Crippen molar-refractivity contribution in [2.45, 2.75) is 13.0 Å². The van der Waals surface area contributed by atoms with Crippen LogP contribution >= 0.6 is 0 Å². The van der Waals surface area contributed by atoms with Crippen LogP contribution in [0.3, 0.4) is 0 Å². The first-order valence-corrected chi connectivity index (χ1v) is 3.40. The van der Waals surface area contributed by atoms with Crippen molar-refractivity contribution in [3.8, 4) is 0 Å². The molecule has 60 valence electrons. The maximum Gasteiger partial charge on any atom is 0.110 e. The minimum atomic E-state index is -0.692. The van der Waals surface area contributed by atoms with E-state index in [9.17, 15) is 5.11 Å². The molecule has 1 unspecified atom stereocenters. The maximum atomic E-state index is 9.19. The van der Waals surface area contributed by atoms with E-state index in [1.807, 2.05) is 6.92 Å². The zero-order valence-electron chi connectivity index (χ0n) is 6.36. The molecule has 4 nitrogen and oxygen atoms in total. The van der Waals surface area contributed by atoms with Crippen LogP contribution in [0.1, 0.15) is 17.5 Å². The van der Waals surface area contributed by atoms with Gasteiger partial charge in [-0.1, -0.05) is 0 Å². The van der Waals surface area contributed by atoms with E-state index in [0.29, 0.717) is 5.69 Å². The van der Waals surface area contributed by atoms with E-state index in [1.165, 1.54) is 6.20 Å². The lowest BCUT2D eigenvalue weighted by atomic mass is 10.2. The topological polar surface area (TPSA) is 72.0 Å². The number of nitrogens with two attached hydrogens (primary N) is 1. The molecule has 0 amide bonds. The second-order valence-corrected chi connectivity index (χ2v) is 2.33. The van der Waals surface area contributed by atoms with E-state index >= 15 is 0 Å². The quantitative estimate of drug-likeness (QED) is 0.616. The number of hydrogen-bond donors (Lipinski definition) is 2. The third-order valence-electron chi connectivity index (χ3n) is 1.37. The summed E-state index contributed by atoms with van der Waals surface area (Å²) in [5.74, 6) is 0. The molecule has 4 heteroatoms. The molecule has 0 aliphatic rings. The molecule has 0 radical (unpaired) electrons. The minimum absolute atomic E-state index is 0.178. The van der Waals surface area contributed by atoms with Crippen molar-refractivity contribution in [3.05, 3.63) is 23.8 Å². The van der Waals surface area contributed by atoms with Gasteiger partial charge in [-0.2, -0.15) is 0 Å². The van der Waals surface area contributed by atoms with Gasteiger partial charge in [0.1, 0.15) is 6.10 Å². The molecule has 1 rings (SSSR count). The molecule has 1 aromatic heterocycles. The molecule has 1 heterocycles. The number of nitrogens with zero attached hydrogens (tertiary/aromatic N) is 2. The molecule has 0 fully saturated rings. The number of aliphatic hydroxyl groups is 1. The van der Waals surface area contributed by atoms with Gasteiger partial charge in [-0.3, -0.25) is 9.97 Å². The van der Waals surface area contributed by atoms with E-state index in [0.717, 1.165) is 5.69 Å². The van der Waals surface area contributed by atoms with Gasteiger partial charge in [-0.05, 0) is 6.92 Å². The first-order valence-electron chi connectivity index (χ1n) is 3.40. The van der Waals surface area contributed by atoms with Gasteiger partial charge in [0, 0.05) is 12.7 Å². The summed E-state index contributed by atoms with van der Waals surface area (Å²) in [4.78, 5) is 7.93. The largest absolute Gasteiger partial charge is 0.385 e. The normalized spacial score (nSPS) is 13.0. The molecule has 1 aromatic rings. The average molecular weight is 153 g/mol. The lowest BCUT2D eigenvalue weighted by Crippen LogP contribution is -2.13. The number of aromatic nitrogens is 2. The monoisotopic (exact) mass is 153 g/mol. The van der Waals surface area contributed by atoms with Gasteiger partial charge in [-0.25, -0.2) is 0 Å². The Morgan fingerprint density at radius 1 is 1.55 bits per heavy atom. The molecule has 0 spiro atoms. The van der Waals surface area contributed by atoms with Crippen molar-refractivity contribution >= 4 is 0 Å². The van der Waals surface area contributed by atoms with Gasteiger partial charge in [-0.15, -0.1) is 0 Å². The lowest BCUT2D eigenvalue weighted by molar-refractivity contribution is 0.181. The van der Waals surface area contributed by atoms with Crippen molar-refractivity contribution in [1.82, 2.24) is 9.97 Å². The standard InChI is InChI=1S/C7H11N3O/c1-5-3-10-6(4-9-5)7(11)2-8/h3-4,7,11H,2,8H2,1H3. The molecule has 0 aromatic carbocycles. The Balaban J connectivity index is 2.81. The SMILES string of the molecule is Cc1cnc(C(O)CN)cn1. The van der Waals surface area contributed by atoms with E-state index < -0.39 is 6.10 Å². The molecule has 3 N–H and O–H groups in total. The zero-order valence-corrected chi connectivity index (χ0v) is 6.36. The Hall–Kier alpha value is -1.00. The van der Waals surface area contributed by atoms with Crippen molar-refractivity contribution in [1.29, 1.82) is 0 Å². The fourth-order valence-corrected chi connectivity index (χ4v) is 0.695. The van der Waals surface area contributed by atoms with Crippen LogP contribution in [0.5, 0.6) is 0 Å². The van der Waals surface area contributed by atoms with Crippen LogP contribution in [0.4, 0.5) is 0 Å².